The summed E-state index contributed by atoms with van der Waals surface area (Å²) in [5, 5.41) is 0. The van der Waals surface area contributed by atoms with Crippen molar-refractivity contribution in [3.05, 3.63) is 42.1 Å². The molecule has 3 heterocycles. The molecule has 3 aromatic heterocycles. The topological polar surface area (TPSA) is 53.1 Å². The van der Waals surface area contributed by atoms with E-state index in [1.54, 1.807) is 19.4 Å². The fraction of sp³-hybridized carbons (Fsp3) is 0.286. The number of aromatic nitrogens is 3. The first-order valence-electron chi connectivity index (χ1n) is 6.25. The summed E-state index contributed by atoms with van der Waals surface area (Å²) in [6.45, 7) is 2.02. The zero-order valence-corrected chi connectivity index (χ0v) is 12.0. The lowest BCUT2D eigenvalue weighted by Crippen LogP contribution is -2.10. The number of fused-ring (bicyclic) bond motifs is 1. The molecule has 0 saturated carbocycles. The Balaban J connectivity index is 2.20. The summed E-state index contributed by atoms with van der Waals surface area (Å²) in [4.78, 5) is 8.98. The third-order valence-corrected chi connectivity index (χ3v) is 3.49. The van der Waals surface area contributed by atoms with Crippen LogP contribution in [0.4, 0.5) is 0 Å². The highest BCUT2D eigenvalue weighted by Gasteiger charge is 2.20. The van der Waals surface area contributed by atoms with Gasteiger partial charge >= 0.3 is 0 Å². The van der Waals surface area contributed by atoms with Gasteiger partial charge in [0.2, 0.25) is 5.88 Å². The fourth-order valence-electron chi connectivity index (χ4n) is 2.27. The summed E-state index contributed by atoms with van der Waals surface area (Å²) in [6, 6.07) is 7.41. The van der Waals surface area contributed by atoms with Gasteiger partial charge in [0, 0.05) is 6.07 Å². The molecule has 104 valence electrons. The van der Waals surface area contributed by atoms with Crippen molar-refractivity contribution in [3.63, 3.8) is 0 Å². The Hall–Kier alpha value is -2.01. The standard InChI is InChI=1S/C14H14ClN3O2/c1-9(11-4-3-7-20-11)18-12(8-15)16-10-5-6-13(19-2)17-14(10)18/h3-7,9H,8H2,1-2H3. The average Bonchev–Trinajstić information content (AvgIpc) is 3.12. The van der Waals surface area contributed by atoms with Gasteiger partial charge < -0.3 is 13.7 Å². The van der Waals surface area contributed by atoms with Crippen LogP contribution < -0.4 is 4.74 Å². The van der Waals surface area contributed by atoms with Crippen molar-refractivity contribution in [1.82, 2.24) is 14.5 Å². The highest BCUT2D eigenvalue weighted by Crippen LogP contribution is 2.27. The van der Waals surface area contributed by atoms with Gasteiger partial charge in [-0.3, -0.25) is 0 Å². The van der Waals surface area contributed by atoms with Gasteiger partial charge in [-0.25, -0.2) is 4.98 Å². The second-order valence-corrected chi connectivity index (χ2v) is 4.69. The molecule has 6 heteroatoms. The maximum absolute atomic E-state index is 6.01. The van der Waals surface area contributed by atoms with Crippen molar-refractivity contribution in [2.24, 2.45) is 0 Å². The Morgan fingerprint density at radius 3 is 2.85 bits per heavy atom. The lowest BCUT2D eigenvalue weighted by atomic mass is 10.2. The van der Waals surface area contributed by atoms with E-state index in [1.807, 2.05) is 29.7 Å². The molecule has 0 spiro atoms. The van der Waals surface area contributed by atoms with Crippen LogP contribution in [-0.2, 0) is 5.88 Å². The molecule has 0 radical (unpaired) electrons. The van der Waals surface area contributed by atoms with Crippen LogP contribution in [0.3, 0.4) is 0 Å². The minimum absolute atomic E-state index is 0.0386. The number of furan rings is 1. The van der Waals surface area contributed by atoms with Crippen LogP contribution in [0.15, 0.2) is 34.9 Å². The van der Waals surface area contributed by atoms with Crippen LogP contribution >= 0.6 is 11.6 Å². The number of ether oxygens (including phenoxy) is 1. The third-order valence-electron chi connectivity index (χ3n) is 3.26. The number of halogens is 1. The Kier molecular flexibility index (Phi) is 3.36. The average molecular weight is 292 g/mol. The third kappa shape index (κ3) is 2.04. The summed E-state index contributed by atoms with van der Waals surface area (Å²) in [5.74, 6) is 2.45. The number of hydrogen-bond donors (Lipinski definition) is 0. The van der Waals surface area contributed by atoms with Crippen LogP contribution in [0.1, 0.15) is 24.6 Å². The largest absolute Gasteiger partial charge is 0.481 e. The molecule has 0 fully saturated rings. The number of hydrogen-bond acceptors (Lipinski definition) is 4. The maximum atomic E-state index is 6.01. The molecule has 0 aliphatic heterocycles. The molecule has 1 atom stereocenters. The Morgan fingerprint density at radius 2 is 2.20 bits per heavy atom. The van der Waals surface area contributed by atoms with Gasteiger partial charge in [-0.1, -0.05) is 0 Å². The number of alkyl halides is 1. The van der Waals surface area contributed by atoms with Crippen molar-refractivity contribution >= 4 is 22.8 Å². The smallest absolute Gasteiger partial charge is 0.215 e. The van der Waals surface area contributed by atoms with Gasteiger partial charge in [-0.05, 0) is 25.1 Å². The molecule has 3 rings (SSSR count). The molecule has 20 heavy (non-hydrogen) atoms. The number of nitrogens with zero attached hydrogens (tertiary/aromatic N) is 3. The zero-order valence-electron chi connectivity index (χ0n) is 11.2. The lowest BCUT2D eigenvalue weighted by Gasteiger charge is -2.14. The number of methoxy groups -OCH3 is 1. The number of pyridine rings is 1. The molecule has 1 unspecified atom stereocenters. The van der Waals surface area contributed by atoms with E-state index in [9.17, 15) is 0 Å². The summed E-state index contributed by atoms with van der Waals surface area (Å²) >= 11 is 6.01. The van der Waals surface area contributed by atoms with E-state index in [0.717, 1.165) is 22.7 Å². The van der Waals surface area contributed by atoms with E-state index < -0.39 is 0 Å². The second kappa shape index (κ2) is 5.17. The summed E-state index contributed by atoms with van der Waals surface area (Å²) in [5.41, 5.74) is 1.53. The van der Waals surface area contributed by atoms with Crippen LogP contribution in [0.5, 0.6) is 5.88 Å². The van der Waals surface area contributed by atoms with Gasteiger partial charge in [0.1, 0.15) is 17.1 Å². The Labute approximate surface area is 121 Å². The minimum atomic E-state index is -0.0386. The first kappa shape index (κ1) is 13.0. The van der Waals surface area contributed by atoms with E-state index in [2.05, 4.69) is 9.97 Å². The van der Waals surface area contributed by atoms with Gasteiger partial charge in [0.05, 0.1) is 25.3 Å². The summed E-state index contributed by atoms with van der Waals surface area (Å²) in [7, 11) is 1.59. The Bertz CT molecular complexity index is 721. The van der Waals surface area contributed by atoms with Gasteiger partial charge in [0.25, 0.3) is 0 Å². The second-order valence-electron chi connectivity index (χ2n) is 4.42. The zero-order chi connectivity index (χ0) is 14.1. The first-order chi connectivity index (χ1) is 9.74. The normalized spacial score (nSPS) is 12.8. The molecule has 0 aliphatic rings. The highest BCUT2D eigenvalue weighted by molar-refractivity contribution is 6.16. The SMILES string of the molecule is COc1ccc2nc(CCl)n(C(C)c3ccco3)c2n1. The van der Waals surface area contributed by atoms with E-state index in [1.165, 1.54) is 0 Å². The van der Waals surface area contributed by atoms with Crippen molar-refractivity contribution in [1.29, 1.82) is 0 Å². The molecule has 0 aromatic carbocycles. The fourth-order valence-corrected chi connectivity index (χ4v) is 2.46. The molecule has 0 N–H and O–H groups in total. The van der Waals surface area contributed by atoms with E-state index in [4.69, 9.17) is 20.8 Å². The number of rotatable bonds is 4. The molecule has 0 amide bonds. The predicted molar refractivity (Wildman–Crippen MR) is 76.2 cm³/mol. The van der Waals surface area contributed by atoms with Crippen LogP contribution in [0.2, 0.25) is 0 Å². The summed E-state index contributed by atoms with van der Waals surface area (Å²) < 4.78 is 12.6. The molecule has 0 bridgehead atoms. The minimum Gasteiger partial charge on any atom is -0.481 e. The van der Waals surface area contributed by atoms with E-state index in [0.29, 0.717) is 11.8 Å². The van der Waals surface area contributed by atoms with Gasteiger partial charge in [-0.2, -0.15) is 4.98 Å². The highest BCUT2D eigenvalue weighted by atomic mass is 35.5. The van der Waals surface area contributed by atoms with E-state index >= 15 is 0 Å². The predicted octanol–water partition coefficient (Wildman–Crippen LogP) is 3.38. The van der Waals surface area contributed by atoms with Crippen molar-refractivity contribution in [2.75, 3.05) is 7.11 Å². The monoisotopic (exact) mass is 291 g/mol. The molecule has 5 nitrogen and oxygen atoms in total. The number of imidazole rings is 1. The Morgan fingerprint density at radius 1 is 1.35 bits per heavy atom. The molecular weight excluding hydrogens is 278 g/mol. The quantitative estimate of drug-likeness (QED) is 0.692. The molecule has 0 aliphatic carbocycles. The summed E-state index contributed by atoms with van der Waals surface area (Å²) in [6.07, 6.45) is 1.65. The van der Waals surface area contributed by atoms with Crippen molar-refractivity contribution in [3.8, 4) is 5.88 Å². The molecular formula is C14H14ClN3O2. The van der Waals surface area contributed by atoms with Crippen LogP contribution in [0, 0.1) is 0 Å². The maximum Gasteiger partial charge on any atom is 0.215 e. The van der Waals surface area contributed by atoms with E-state index in [-0.39, 0.29) is 6.04 Å². The van der Waals surface area contributed by atoms with Crippen molar-refractivity contribution in [2.45, 2.75) is 18.8 Å². The molecule has 3 aromatic rings. The van der Waals surface area contributed by atoms with Gasteiger partial charge in [-0.15, -0.1) is 11.6 Å². The van der Waals surface area contributed by atoms with Crippen molar-refractivity contribution < 1.29 is 9.15 Å². The lowest BCUT2D eigenvalue weighted by molar-refractivity contribution is 0.397. The first-order valence-corrected chi connectivity index (χ1v) is 6.79. The molecule has 0 saturated heterocycles. The van der Waals surface area contributed by atoms with Gasteiger partial charge in [0.15, 0.2) is 5.65 Å². The van der Waals surface area contributed by atoms with Crippen LogP contribution in [-0.4, -0.2) is 21.6 Å². The van der Waals surface area contributed by atoms with Crippen LogP contribution in [0.25, 0.3) is 11.2 Å².